The molecule has 8 heteroatoms. The van der Waals surface area contributed by atoms with Crippen LogP contribution in [0.1, 0.15) is 11.1 Å². The molecule has 2 amide bonds. The van der Waals surface area contributed by atoms with Crippen LogP contribution in [0.15, 0.2) is 47.4 Å². The van der Waals surface area contributed by atoms with Crippen molar-refractivity contribution in [1.82, 2.24) is 9.80 Å². The Hall–Kier alpha value is -2.97. The summed E-state index contributed by atoms with van der Waals surface area (Å²) in [6.45, 7) is 5.72. The number of methoxy groups -OCH3 is 2. The van der Waals surface area contributed by atoms with E-state index < -0.39 is 0 Å². The van der Waals surface area contributed by atoms with Crippen LogP contribution in [0.3, 0.4) is 0 Å². The van der Waals surface area contributed by atoms with Crippen molar-refractivity contribution >= 4 is 34.7 Å². The van der Waals surface area contributed by atoms with E-state index in [9.17, 15) is 9.59 Å². The van der Waals surface area contributed by atoms with Crippen LogP contribution in [-0.2, 0) is 4.79 Å². The number of imide groups is 1. The first kappa shape index (κ1) is 22.2. The van der Waals surface area contributed by atoms with Crippen LogP contribution in [0.4, 0.5) is 10.5 Å². The number of benzene rings is 2. The number of thioether (sulfide) groups is 1. The van der Waals surface area contributed by atoms with Crippen LogP contribution in [-0.4, -0.2) is 68.0 Å². The normalized spacial score (nSPS) is 18.5. The molecule has 0 spiro atoms. The van der Waals surface area contributed by atoms with Crippen molar-refractivity contribution in [3.63, 3.8) is 0 Å². The van der Waals surface area contributed by atoms with E-state index in [4.69, 9.17) is 9.47 Å². The second kappa shape index (κ2) is 9.67. The first-order valence-corrected chi connectivity index (χ1v) is 11.3. The molecule has 0 aliphatic carbocycles. The summed E-state index contributed by atoms with van der Waals surface area (Å²) in [5.74, 6) is 0.936. The lowest BCUT2D eigenvalue weighted by Crippen LogP contribution is -2.50. The Balaban J connectivity index is 1.39. The van der Waals surface area contributed by atoms with Gasteiger partial charge >= 0.3 is 0 Å². The minimum Gasteiger partial charge on any atom is -0.493 e. The average molecular weight is 454 g/mol. The molecular weight excluding hydrogens is 426 g/mol. The number of anilines is 1. The van der Waals surface area contributed by atoms with E-state index in [2.05, 4.69) is 41.0 Å². The predicted molar refractivity (Wildman–Crippen MR) is 127 cm³/mol. The highest BCUT2D eigenvalue weighted by molar-refractivity contribution is 8.18. The zero-order valence-electron chi connectivity index (χ0n) is 18.5. The first-order valence-electron chi connectivity index (χ1n) is 10.5. The maximum Gasteiger partial charge on any atom is 0.294 e. The van der Waals surface area contributed by atoms with Gasteiger partial charge in [0.15, 0.2) is 11.5 Å². The quantitative estimate of drug-likeness (QED) is 0.616. The molecule has 0 unspecified atom stereocenters. The molecule has 0 bridgehead atoms. The zero-order chi connectivity index (χ0) is 22.7. The lowest BCUT2D eigenvalue weighted by molar-refractivity contribution is -0.124. The molecule has 2 aliphatic heterocycles. The zero-order valence-corrected chi connectivity index (χ0v) is 19.4. The molecule has 0 atom stereocenters. The SMILES string of the molecule is COc1ccc(C=C2SC(=O)N(CN3CCN(c4cccc(C)c4)CC3)C2=O)cc1OC. The molecule has 0 radical (unpaired) electrons. The van der Waals surface area contributed by atoms with Gasteiger partial charge in [0.2, 0.25) is 0 Å². The molecule has 7 nitrogen and oxygen atoms in total. The van der Waals surface area contributed by atoms with E-state index in [0.717, 1.165) is 43.5 Å². The Morgan fingerprint density at radius 3 is 2.41 bits per heavy atom. The van der Waals surface area contributed by atoms with E-state index >= 15 is 0 Å². The molecule has 168 valence electrons. The van der Waals surface area contributed by atoms with Crippen LogP contribution in [0.5, 0.6) is 11.5 Å². The predicted octanol–water partition coefficient (Wildman–Crippen LogP) is 3.83. The number of carbonyl (C=O) groups is 2. The van der Waals surface area contributed by atoms with E-state index in [1.165, 1.54) is 16.2 Å². The van der Waals surface area contributed by atoms with Gasteiger partial charge in [0.25, 0.3) is 11.1 Å². The summed E-state index contributed by atoms with van der Waals surface area (Å²) in [5, 5.41) is -0.233. The maximum absolute atomic E-state index is 12.9. The van der Waals surface area contributed by atoms with Gasteiger partial charge in [0.05, 0.1) is 25.8 Å². The van der Waals surface area contributed by atoms with Crippen LogP contribution < -0.4 is 14.4 Å². The fraction of sp³-hybridized carbons (Fsp3) is 0.333. The van der Waals surface area contributed by atoms with E-state index in [-0.39, 0.29) is 11.1 Å². The fourth-order valence-corrected chi connectivity index (χ4v) is 4.72. The standard InChI is InChI=1S/C24H27N3O4S/c1-17-5-4-6-19(13-17)26-11-9-25(10-12-26)16-27-23(28)22(32-24(27)29)15-18-7-8-20(30-2)21(14-18)31-3/h4-8,13-15H,9-12,16H2,1-3H3. The number of carbonyl (C=O) groups excluding carboxylic acids is 2. The second-order valence-electron chi connectivity index (χ2n) is 7.81. The van der Waals surface area contributed by atoms with Gasteiger partial charge in [0.1, 0.15) is 0 Å². The van der Waals surface area contributed by atoms with Crippen molar-refractivity contribution in [2.45, 2.75) is 6.92 Å². The van der Waals surface area contributed by atoms with Gasteiger partial charge in [-0.2, -0.15) is 0 Å². The third kappa shape index (κ3) is 4.76. The fourth-order valence-electron chi connectivity index (χ4n) is 3.89. The number of ether oxygens (including phenoxy) is 2. The summed E-state index contributed by atoms with van der Waals surface area (Å²) in [7, 11) is 3.14. The highest BCUT2D eigenvalue weighted by Crippen LogP contribution is 2.34. The second-order valence-corrected chi connectivity index (χ2v) is 8.80. The highest BCUT2D eigenvalue weighted by Gasteiger charge is 2.36. The molecule has 32 heavy (non-hydrogen) atoms. The van der Waals surface area contributed by atoms with Crippen molar-refractivity contribution in [3.05, 3.63) is 58.5 Å². The highest BCUT2D eigenvalue weighted by atomic mass is 32.2. The smallest absolute Gasteiger partial charge is 0.294 e. The minimum absolute atomic E-state index is 0.233. The summed E-state index contributed by atoms with van der Waals surface area (Å²) < 4.78 is 10.6. The van der Waals surface area contributed by atoms with Crippen molar-refractivity contribution < 1.29 is 19.1 Å². The summed E-state index contributed by atoms with van der Waals surface area (Å²) >= 11 is 0.977. The third-order valence-electron chi connectivity index (χ3n) is 5.66. The third-order valence-corrected chi connectivity index (χ3v) is 6.57. The topological polar surface area (TPSA) is 62.3 Å². The van der Waals surface area contributed by atoms with Gasteiger partial charge in [-0.15, -0.1) is 0 Å². The molecule has 2 aromatic carbocycles. The molecule has 2 aliphatic rings. The summed E-state index contributed by atoms with van der Waals surface area (Å²) in [5.41, 5.74) is 3.23. The monoisotopic (exact) mass is 453 g/mol. The Labute approximate surface area is 192 Å². The molecule has 0 aromatic heterocycles. The summed E-state index contributed by atoms with van der Waals surface area (Å²) in [6, 6.07) is 13.9. The Kier molecular flexibility index (Phi) is 6.72. The van der Waals surface area contributed by atoms with Gasteiger partial charge in [-0.3, -0.25) is 19.4 Å². The Morgan fingerprint density at radius 2 is 1.72 bits per heavy atom. The van der Waals surface area contributed by atoms with E-state index in [1.807, 2.05) is 6.07 Å². The van der Waals surface area contributed by atoms with E-state index in [1.54, 1.807) is 32.4 Å². The van der Waals surface area contributed by atoms with Gasteiger partial charge in [-0.25, -0.2) is 0 Å². The Bertz CT molecular complexity index is 1050. The first-order chi connectivity index (χ1) is 15.5. The van der Waals surface area contributed by atoms with Gasteiger partial charge in [-0.1, -0.05) is 18.2 Å². The number of rotatable bonds is 6. The largest absolute Gasteiger partial charge is 0.493 e. The molecular formula is C24H27N3O4S. The van der Waals surface area contributed by atoms with Crippen molar-refractivity contribution in [1.29, 1.82) is 0 Å². The van der Waals surface area contributed by atoms with E-state index in [0.29, 0.717) is 23.1 Å². The minimum atomic E-state index is -0.254. The molecule has 4 rings (SSSR count). The van der Waals surface area contributed by atoms with Crippen LogP contribution >= 0.6 is 11.8 Å². The summed E-state index contributed by atoms with van der Waals surface area (Å²) in [4.78, 5) is 31.7. The lowest BCUT2D eigenvalue weighted by Gasteiger charge is -2.37. The molecule has 2 fully saturated rings. The molecule has 0 N–H and O–H groups in total. The van der Waals surface area contributed by atoms with Crippen LogP contribution in [0.2, 0.25) is 0 Å². The number of hydrogen-bond acceptors (Lipinski definition) is 7. The lowest BCUT2D eigenvalue weighted by atomic mass is 10.2. The average Bonchev–Trinajstić information content (AvgIpc) is 3.06. The van der Waals surface area contributed by atoms with Crippen molar-refractivity contribution in [2.24, 2.45) is 0 Å². The molecule has 2 aromatic rings. The maximum atomic E-state index is 12.9. The number of hydrogen-bond donors (Lipinski definition) is 0. The van der Waals surface area contributed by atoms with Crippen molar-refractivity contribution in [3.8, 4) is 11.5 Å². The van der Waals surface area contributed by atoms with Crippen molar-refractivity contribution in [2.75, 3.05) is 52.0 Å². The number of amides is 2. The number of aryl methyl sites for hydroxylation is 1. The molecule has 2 saturated heterocycles. The van der Waals surface area contributed by atoms with Gasteiger partial charge in [0, 0.05) is 31.9 Å². The van der Waals surface area contributed by atoms with Crippen LogP contribution in [0.25, 0.3) is 6.08 Å². The summed E-state index contributed by atoms with van der Waals surface area (Å²) in [6.07, 6.45) is 1.72. The molecule has 2 heterocycles. The van der Waals surface area contributed by atoms with Gasteiger partial charge in [-0.05, 0) is 60.2 Å². The van der Waals surface area contributed by atoms with Crippen LogP contribution in [0, 0.1) is 6.92 Å². The number of piperazine rings is 1. The Morgan fingerprint density at radius 1 is 0.969 bits per heavy atom. The van der Waals surface area contributed by atoms with Gasteiger partial charge < -0.3 is 14.4 Å². The number of nitrogens with zero attached hydrogens (tertiary/aromatic N) is 3. The molecule has 0 saturated carbocycles.